The molecule has 8 heteroatoms. The Bertz CT molecular complexity index is 633. The Kier molecular flexibility index (Phi) is 4.07. The average molecular weight is 301 g/mol. The van der Waals surface area contributed by atoms with Crippen LogP contribution in [0.3, 0.4) is 0 Å². The van der Waals surface area contributed by atoms with Crippen LogP contribution in [0.25, 0.3) is 0 Å². The van der Waals surface area contributed by atoms with Crippen LogP contribution in [0.15, 0.2) is 23.1 Å². The maximum Gasteiger partial charge on any atom is 0.243 e. The summed E-state index contributed by atoms with van der Waals surface area (Å²) in [6.07, 6.45) is 0. The fraction of sp³-hybridized carbons (Fsp3) is 0.417. The molecule has 0 saturated carbocycles. The molecule has 1 aromatic carbocycles. The third kappa shape index (κ3) is 2.67. The highest BCUT2D eigenvalue weighted by Gasteiger charge is 2.36. The van der Waals surface area contributed by atoms with E-state index in [1.807, 2.05) is 0 Å². The second-order valence-electron chi connectivity index (χ2n) is 4.65. The van der Waals surface area contributed by atoms with Crippen molar-refractivity contribution in [3.63, 3.8) is 0 Å². The van der Waals surface area contributed by atoms with Crippen LogP contribution in [0.2, 0.25) is 0 Å². The second kappa shape index (κ2) is 5.47. The highest BCUT2D eigenvalue weighted by molar-refractivity contribution is 7.89. The molecule has 20 heavy (non-hydrogen) atoms. The lowest BCUT2D eigenvalue weighted by Gasteiger charge is -2.33. The minimum atomic E-state index is -3.94. The summed E-state index contributed by atoms with van der Waals surface area (Å²) < 4.78 is 39.5. The fourth-order valence-corrected chi connectivity index (χ4v) is 3.69. The molecule has 0 aliphatic carbocycles. The van der Waals surface area contributed by atoms with Crippen molar-refractivity contribution in [2.75, 3.05) is 19.6 Å². The largest absolute Gasteiger partial charge is 0.368 e. The normalized spacial score (nSPS) is 20.8. The molecule has 1 amide bonds. The Labute approximate surface area is 116 Å². The molecule has 0 bridgehead atoms. The van der Waals surface area contributed by atoms with Crippen molar-refractivity contribution >= 4 is 15.9 Å². The highest BCUT2D eigenvalue weighted by atomic mass is 32.2. The number of aryl methyl sites for hydroxylation is 1. The van der Waals surface area contributed by atoms with Gasteiger partial charge in [-0.2, -0.15) is 4.31 Å². The van der Waals surface area contributed by atoms with Crippen molar-refractivity contribution < 1.29 is 17.6 Å². The maximum absolute atomic E-state index is 13.5. The van der Waals surface area contributed by atoms with Gasteiger partial charge in [0.2, 0.25) is 15.9 Å². The van der Waals surface area contributed by atoms with Gasteiger partial charge in [0.15, 0.2) is 0 Å². The van der Waals surface area contributed by atoms with Crippen LogP contribution in [-0.4, -0.2) is 44.3 Å². The zero-order valence-corrected chi connectivity index (χ0v) is 11.8. The average Bonchev–Trinajstić information content (AvgIpc) is 2.41. The highest BCUT2D eigenvalue weighted by Crippen LogP contribution is 2.21. The van der Waals surface area contributed by atoms with Gasteiger partial charge in [-0.3, -0.25) is 4.79 Å². The molecule has 1 aliphatic rings. The van der Waals surface area contributed by atoms with Gasteiger partial charge in [-0.1, -0.05) is 6.07 Å². The van der Waals surface area contributed by atoms with Crippen molar-refractivity contribution in [1.29, 1.82) is 0 Å². The minimum absolute atomic E-state index is 0.117. The summed E-state index contributed by atoms with van der Waals surface area (Å²) in [6.45, 7) is 2.23. The number of halogens is 1. The number of hydrogen-bond acceptors (Lipinski definition) is 4. The summed E-state index contributed by atoms with van der Waals surface area (Å²) in [6, 6.07) is 2.72. The van der Waals surface area contributed by atoms with Gasteiger partial charge < -0.3 is 11.1 Å². The first kappa shape index (κ1) is 14.9. The Balaban J connectivity index is 2.42. The number of sulfonamides is 1. The van der Waals surface area contributed by atoms with Crippen LogP contribution in [0.4, 0.5) is 4.39 Å². The Morgan fingerprint density at radius 3 is 2.80 bits per heavy atom. The van der Waals surface area contributed by atoms with E-state index < -0.39 is 27.8 Å². The van der Waals surface area contributed by atoms with E-state index in [1.165, 1.54) is 12.1 Å². The first-order chi connectivity index (χ1) is 9.34. The number of carbonyl (C=O) groups is 1. The van der Waals surface area contributed by atoms with E-state index in [0.717, 1.165) is 10.4 Å². The molecule has 110 valence electrons. The zero-order chi connectivity index (χ0) is 14.9. The van der Waals surface area contributed by atoms with Crippen LogP contribution in [-0.2, 0) is 14.8 Å². The van der Waals surface area contributed by atoms with Gasteiger partial charge in [0.1, 0.15) is 11.9 Å². The molecule has 1 fully saturated rings. The van der Waals surface area contributed by atoms with Crippen molar-refractivity contribution in [3.8, 4) is 0 Å². The lowest BCUT2D eigenvalue weighted by Crippen LogP contribution is -2.58. The van der Waals surface area contributed by atoms with Gasteiger partial charge in [0.05, 0.1) is 4.90 Å². The molecule has 0 spiro atoms. The first-order valence-electron chi connectivity index (χ1n) is 6.12. The number of rotatable bonds is 3. The lowest BCUT2D eigenvalue weighted by atomic mass is 10.2. The Hall–Kier alpha value is -1.51. The molecule has 1 saturated heterocycles. The summed E-state index contributed by atoms with van der Waals surface area (Å²) in [5.74, 6) is -1.33. The number of nitrogens with two attached hydrogens (primary N) is 1. The Morgan fingerprint density at radius 2 is 2.20 bits per heavy atom. The van der Waals surface area contributed by atoms with Crippen molar-refractivity contribution in [1.82, 2.24) is 9.62 Å². The van der Waals surface area contributed by atoms with Gasteiger partial charge in [-0.25, -0.2) is 12.8 Å². The molecule has 1 aliphatic heterocycles. The predicted octanol–water partition coefficient (Wildman–Crippen LogP) is -0.418. The molecule has 1 unspecified atom stereocenters. The molecular weight excluding hydrogens is 285 g/mol. The molecule has 0 aromatic heterocycles. The number of hydrogen-bond donors (Lipinski definition) is 2. The maximum atomic E-state index is 13.5. The summed E-state index contributed by atoms with van der Waals surface area (Å²) in [5, 5.41) is 2.91. The number of piperazine rings is 1. The fourth-order valence-electron chi connectivity index (χ4n) is 2.09. The van der Waals surface area contributed by atoms with Gasteiger partial charge in [-0.15, -0.1) is 0 Å². The van der Waals surface area contributed by atoms with Crippen LogP contribution >= 0.6 is 0 Å². The monoisotopic (exact) mass is 301 g/mol. The van der Waals surface area contributed by atoms with Crippen LogP contribution < -0.4 is 11.1 Å². The standard InChI is InChI=1S/C12H16FN3O3S/c1-8-2-3-9(6-10(8)13)20(18,19)16-5-4-15-7-11(16)12(14)17/h2-3,6,11,15H,4-5,7H2,1H3,(H2,14,17). The van der Waals surface area contributed by atoms with E-state index in [4.69, 9.17) is 5.73 Å². The van der Waals surface area contributed by atoms with Gasteiger partial charge in [0, 0.05) is 19.6 Å². The third-order valence-electron chi connectivity index (χ3n) is 3.27. The zero-order valence-electron chi connectivity index (χ0n) is 11.0. The second-order valence-corrected chi connectivity index (χ2v) is 6.54. The van der Waals surface area contributed by atoms with E-state index >= 15 is 0 Å². The third-order valence-corrected chi connectivity index (χ3v) is 5.18. The number of nitrogens with zero attached hydrogens (tertiary/aromatic N) is 1. The molecule has 2 rings (SSSR count). The van der Waals surface area contributed by atoms with E-state index in [2.05, 4.69) is 5.32 Å². The van der Waals surface area contributed by atoms with E-state index in [0.29, 0.717) is 12.1 Å². The van der Waals surface area contributed by atoms with Crippen molar-refractivity contribution in [2.24, 2.45) is 5.73 Å². The molecule has 1 heterocycles. The van der Waals surface area contributed by atoms with Crippen molar-refractivity contribution in [3.05, 3.63) is 29.6 Å². The molecule has 6 nitrogen and oxygen atoms in total. The molecule has 1 aromatic rings. The predicted molar refractivity (Wildman–Crippen MR) is 70.9 cm³/mol. The summed E-state index contributed by atoms with van der Waals surface area (Å²) >= 11 is 0. The van der Waals surface area contributed by atoms with E-state index in [9.17, 15) is 17.6 Å². The number of benzene rings is 1. The number of carbonyl (C=O) groups excluding carboxylic acids is 1. The van der Waals surface area contributed by atoms with Crippen LogP contribution in [0, 0.1) is 12.7 Å². The van der Waals surface area contributed by atoms with Gasteiger partial charge >= 0.3 is 0 Å². The summed E-state index contributed by atoms with van der Waals surface area (Å²) in [5.41, 5.74) is 5.58. The molecule has 3 N–H and O–H groups in total. The minimum Gasteiger partial charge on any atom is -0.368 e. The van der Waals surface area contributed by atoms with Crippen molar-refractivity contribution in [2.45, 2.75) is 17.9 Å². The number of amides is 1. The Morgan fingerprint density at radius 1 is 1.50 bits per heavy atom. The number of nitrogens with one attached hydrogen (secondary N) is 1. The molecular formula is C12H16FN3O3S. The van der Waals surface area contributed by atoms with E-state index in [-0.39, 0.29) is 18.0 Å². The quantitative estimate of drug-likeness (QED) is 0.793. The van der Waals surface area contributed by atoms with Gasteiger partial charge in [-0.05, 0) is 24.6 Å². The van der Waals surface area contributed by atoms with Crippen LogP contribution in [0.5, 0.6) is 0 Å². The smallest absolute Gasteiger partial charge is 0.243 e. The summed E-state index contributed by atoms with van der Waals surface area (Å²) in [4.78, 5) is 11.2. The van der Waals surface area contributed by atoms with Crippen LogP contribution in [0.1, 0.15) is 5.56 Å². The topological polar surface area (TPSA) is 92.5 Å². The SMILES string of the molecule is Cc1ccc(S(=O)(=O)N2CCNCC2C(N)=O)cc1F. The summed E-state index contributed by atoms with van der Waals surface area (Å²) in [7, 11) is -3.94. The molecule has 1 atom stereocenters. The number of primary amides is 1. The van der Waals surface area contributed by atoms with Gasteiger partial charge in [0.25, 0.3) is 0 Å². The molecule has 0 radical (unpaired) electrons. The first-order valence-corrected chi connectivity index (χ1v) is 7.56. The lowest BCUT2D eigenvalue weighted by molar-refractivity contribution is -0.122. The van der Waals surface area contributed by atoms with E-state index in [1.54, 1.807) is 6.92 Å².